The molecular weight excluding hydrogens is 642 g/mol. The number of hydrogen-bond donors (Lipinski definition) is 4. The van der Waals surface area contributed by atoms with Gasteiger partial charge in [0.2, 0.25) is 11.7 Å². The number of aliphatic carboxylic acids is 1. The number of carbonyl (C=O) groups excluding carboxylic acids is 3. The average Bonchev–Trinajstić information content (AvgIpc) is 3.51. The van der Waals surface area contributed by atoms with Gasteiger partial charge in [-0.05, 0) is 36.2 Å². The minimum atomic E-state index is -1.46. The molecule has 2 heterocycles. The number of pyridine rings is 1. The lowest BCUT2D eigenvalue weighted by Gasteiger charge is -2.22. The van der Waals surface area contributed by atoms with Gasteiger partial charge in [-0.25, -0.2) is 14.6 Å². The molecule has 1 aromatic heterocycles. The van der Waals surface area contributed by atoms with Crippen LogP contribution in [0.1, 0.15) is 22.3 Å². The highest BCUT2D eigenvalue weighted by Crippen LogP contribution is 2.38. The van der Waals surface area contributed by atoms with Crippen molar-refractivity contribution in [3.05, 3.63) is 78.0 Å². The van der Waals surface area contributed by atoms with Gasteiger partial charge in [0.25, 0.3) is 5.91 Å². The molecule has 2 aromatic carbocycles. The number of anilines is 1. The van der Waals surface area contributed by atoms with Crippen molar-refractivity contribution in [3.63, 3.8) is 0 Å². The first kappa shape index (κ1) is 36.2. The lowest BCUT2D eigenvalue weighted by Crippen LogP contribution is -2.49. The van der Waals surface area contributed by atoms with Gasteiger partial charge in [-0.3, -0.25) is 9.59 Å². The van der Waals surface area contributed by atoms with Gasteiger partial charge in [-0.15, -0.1) is 5.06 Å². The summed E-state index contributed by atoms with van der Waals surface area (Å²) in [5.41, 5.74) is 0.854. The van der Waals surface area contributed by atoms with E-state index in [4.69, 9.17) is 28.5 Å². The number of carboxylic acid groups (broad SMARTS) is 1. The van der Waals surface area contributed by atoms with Crippen LogP contribution in [0.4, 0.5) is 10.6 Å². The van der Waals surface area contributed by atoms with Crippen LogP contribution in [0.25, 0.3) is 0 Å². The number of carboxylic acids is 1. The van der Waals surface area contributed by atoms with E-state index in [1.807, 2.05) is 36.4 Å². The molecule has 262 valence electrons. The topological polar surface area (TPSA) is 196 Å². The predicted molar refractivity (Wildman–Crippen MR) is 173 cm³/mol. The SMILES string of the molecule is COc1cc(C(=O)NC(CNC(=O)COC2CC(CNc3ccccn3)N(OC(=O)OCc3ccccc3)C2)C(=O)O)cc(OC)c1OC. The molecule has 1 saturated heterocycles. The Balaban J connectivity index is 1.29. The Morgan fingerprint density at radius 1 is 0.980 bits per heavy atom. The maximum atomic E-state index is 12.9. The van der Waals surface area contributed by atoms with Crippen LogP contribution in [0.3, 0.4) is 0 Å². The molecule has 1 aliphatic rings. The molecule has 1 fully saturated rings. The number of carbonyl (C=O) groups is 4. The van der Waals surface area contributed by atoms with E-state index in [1.165, 1.54) is 38.5 Å². The molecule has 16 heteroatoms. The van der Waals surface area contributed by atoms with E-state index < -0.39 is 49.2 Å². The van der Waals surface area contributed by atoms with Crippen molar-refractivity contribution < 1.29 is 52.8 Å². The number of rotatable bonds is 17. The number of ether oxygens (including phenoxy) is 5. The van der Waals surface area contributed by atoms with Crippen LogP contribution >= 0.6 is 0 Å². The van der Waals surface area contributed by atoms with E-state index in [-0.39, 0.29) is 42.0 Å². The zero-order valence-corrected chi connectivity index (χ0v) is 27.2. The van der Waals surface area contributed by atoms with Gasteiger partial charge in [0.05, 0.1) is 40.0 Å². The first-order valence-corrected chi connectivity index (χ1v) is 15.2. The second kappa shape index (κ2) is 18.1. The van der Waals surface area contributed by atoms with Crippen LogP contribution in [0.2, 0.25) is 0 Å². The van der Waals surface area contributed by atoms with Crippen molar-refractivity contribution in [3.8, 4) is 17.2 Å². The summed E-state index contributed by atoms with van der Waals surface area (Å²) >= 11 is 0. The van der Waals surface area contributed by atoms with Crippen molar-refractivity contribution in [2.24, 2.45) is 0 Å². The minimum Gasteiger partial charge on any atom is -0.493 e. The summed E-state index contributed by atoms with van der Waals surface area (Å²) in [6.45, 7) is -0.307. The van der Waals surface area contributed by atoms with Gasteiger partial charge in [-0.1, -0.05) is 36.4 Å². The number of amides is 2. The van der Waals surface area contributed by atoms with E-state index in [0.29, 0.717) is 18.8 Å². The van der Waals surface area contributed by atoms with Crippen LogP contribution in [0, 0.1) is 0 Å². The second-order valence-electron chi connectivity index (χ2n) is 10.7. The van der Waals surface area contributed by atoms with Gasteiger partial charge in [0.15, 0.2) is 11.5 Å². The third-order valence-electron chi connectivity index (χ3n) is 7.38. The Kier molecular flexibility index (Phi) is 13.4. The van der Waals surface area contributed by atoms with Crippen LogP contribution in [0.15, 0.2) is 66.9 Å². The summed E-state index contributed by atoms with van der Waals surface area (Å²) in [7, 11) is 4.17. The largest absolute Gasteiger partial charge is 0.528 e. The van der Waals surface area contributed by atoms with E-state index in [2.05, 4.69) is 20.9 Å². The minimum absolute atomic E-state index is 0.0325. The smallest absolute Gasteiger partial charge is 0.493 e. The average molecular weight is 682 g/mol. The zero-order chi connectivity index (χ0) is 35.2. The molecular formula is C33H39N5O11. The Bertz CT molecular complexity index is 1540. The fourth-order valence-corrected chi connectivity index (χ4v) is 4.91. The molecule has 4 rings (SSSR count). The molecule has 0 saturated carbocycles. The fraction of sp³-hybridized carbons (Fsp3) is 0.364. The lowest BCUT2D eigenvalue weighted by atomic mass is 10.1. The number of nitrogens with zero attached hydrogens (tertiary/aromatic N) is 2. The zero-order valence-electron chi connectivity index (χ0n) is 27.2. The van der Waals surface area contributed by atoms with E-state index >= 15 is 0 Å². The third kappa shape index (κ3) is 10.7. The van der Waals surface area contributed by atoms with Gasteiger partial charge in [-0.2, -0.15) is 0 Å². The number of nitrogens with one attached hydrogen (secondary N) is 3. The standard InChI is InChI=1S/C33H39N5O11/c1-44-26-13-22(14-27(45-2)30(26)46-3)31(40)37-25(32(41)42)17-36-29(39)20-47-24-15-23(16-35-28-11-7-8-12-34-28)38(18-24)49-33(43)48-19-21-9-5-4-6-10-21/h4-14,23-25H,15-20H2,1-3H3,(H,34,35)(H,36,39)(H,37,40)(H,41,42). The highest BCUT2D eigenvalue weighted by Gasteiger charge is 2.36. The van der Waals surface area contributed by atoms with Crippen molar-refractivity contribution in [2.45, 2.75) is 31.2 Å². The van der Waals surface area contributed by atoms with Gasteiger partial charge >= 0.3 is 12.1 Å². The number of hydroxylamine groups is 2. The molecule has 0 spiro atoms. The van der Waals surface area contributed by atoms with Crippen LogP contribution < -0.4 is 30.2 Å². The molecule has 3 atom stereocenters. The molecule has 49 heavy (non-hydrogen) atoms. The molecule has 3 unspecified atom stereocenters. The number of hydrogen-bond acceptors (Lipinski definition) is 13. The molecule has 0 bridgehead atoms. The summed E-state index contributed by atoms with van der Waals surface area (Å²) < 4.78 is 26.8. The van der Waals surface area contributed by atoms with Crippen molar-refractivity contribution >= 4 is 29.8 Å². The predicted octanol–water partition coefficient (Wildman–Crippen LogP) is 2.25. The quantitative estimate of drug-likeness (QED) is 0.151. The molecule has 2 amide bonds. The summed E-state index contributed by atoms with van der Waals surface area (Å²) in [4.78, 5) is 59.7. The summed E-state index contributed by atoms with van der Waals surface area (Å²) in [5.74, 6) is -1.41. The number of benzene rings is 2. The highest BCUT2D eigenvalue weighted by atomic mass is 16.8. The van der Waals surface area contributed by atoms with Crippen molar-refractivity contribution in [2.75, 3.05) is 52.9 Å². The van der Waals surface area contributed by atoms with Crippen molar-refractivity contribution in [1.29, 1.82) is 0 Å². The summed E-state index contributed by atoms with van der Waals surface area (Å²) in [5, 5.41) is 19.2. The number of aromatic nitrogens is 1. The van der Waals surface area contributed by atoms with Gasteiger partial charge < -0.3 is 49.6 Å². The highest BCUT2D eigenvalue weighted by molar-refractivity contribution is 5.98. The third-order valence-corrected chi connectivity index (χ3v) is 7.38. The fourth-order valence-electron chi connectivity index (χ4n) is 4.91. The Hall–Kier alpha value is -5.61. The normalized spacial score (nSPS) is 16.1. The summed E-state index contributed by atoms with van der Waals surface area (Å²) in [6, 6.07) is 15.5. The summed E-state index contributed by atoms with van der Waals surface area (Å²) in [6.07, 6.45) is 0.628. The van der Waals surface area contributed by atoms with E-state index in [0.717, 1.165) is 5.56 Å². The van der Waals surface area contributed by atoms with Crippen LogP contribution in [-0.2, 0) is 30.5 Å². The molecule has 16 nitrogen and oxygen atoms in total. The first-order chi connectivity index (χ1) is 23.7. The first-order valence-electron chi connectivity index (χ1n) is 15.2. The maximum Gasteiger partial charge on any atom is 0.528 e. The maximum absolute atomic E-state index is 12.9. The Morgan fingerprint density at radius 2 is 1.69 bits per heavy atom. The second-order valence-corrected chi connectivity index (χ2v) is 10.7. The molecule has 4 N–H and O–H groups in total. The lowest BCUT2D eigenvalue weighted by molar-refractivity contribution is -0.143. The Morgan fingerprint density at radius 3 is 2.33 bits per heavy atom. The molecule has 3 aromatic rings. The number of methoxy groups -OCH3 is 3. The Labute approximate surface area is 282 Å². The molecule has 0 aliphatic carbocycles. The monoisotopic (exact) mass is 681 g/mol. The van der Waals surface area contributed by atoms with Crippen molar-refractivity contribution in [1.82, 2.24) is 20.7 Å². The van der Waals surface area contributed by atoms with Gasteiger partial charge in [0.1, 0.15) is 25.1 Å². The molecule has 1 aliphatic heterocycles. The van der Waals surface area contributed by atoms with Crippen LogP contribution in [-0.4, -0.2) is 105 Å². The van der Waals surface area contributed by atoms with E-state index in [1.54, 1.807) is 18.3 Å². The van der Waals surface area contributed by atoms with Crippen LogP contribution in [0.5, 0.6) is 17.2 Å². The van der Waals surface area contributed by atoms with E-state index in [9.17, 15) is 24.3 Å². The molecule has 0 radical (unpaired) electrons. The van der Waals surface area contributed by atoms with Gasteiger partial charge in [0, 0.05) is 24.8 Å².